The minimum Gasteiger partial charge on any atom is -0.463 e. The molecule has 1 aromatic carbocycles. The molecule has 1 heterocycles. The van der Waals surface area contributed by atoms with Crippen LogP contribution >= 0.6 is 11.6 Å². The Hall–Kier alpha value is -2.60. The normalized spacial score (nSPS) is 11.1. The second-order valence-electron chi connectivity index (χ2n) is 4.53. The van der Waals surface area contributed by atoms with Crippen LogP contribution in [0.15, 0.2) is 46.1 Å². The summed E-state index contributed by atoms with van der Waals surface area (Å²) in [7, 11) is 0. The highest BCUT2D eigenvalue weighted by Gasteiger charge is 2.14. The van der Waals surface area contributed by atoms with Gasteiger partial charge in [0.2, 0.25) is 0 Å². The third kappa shape index (κ3) is 3.95. The van der Waals surface area contributed by atoms with Crippen LogP contribution in [0.4, 0.5) is 5.69 Å². The van der Waals surface area contributed by atoms with E-state index in [9.17, 15) is 9.59 Å². The predicted molar refractivity (Wildman–Crippen MR) is 83.9 cm³/mol. The van der Waals surface area contributed by atoms with E-state index in [1.165, 1.54) is 6.26 Å². The zero-order valence-corrected chi connectivity index (χ0v) is 12.8. The van der Waals surface area contributed by atoms with Crippen molar-refractivity contribution in [2.24, 2.45) is 5.10 Å². The van der Waals surface area contributed by atoms with Crippen LogP contribution < -0.4 is 10.7 Å². The lowest BCUT2D eigenvalue weighted by Gasteiger charge is -2.06. The van der Waals surface area contributed by atoms with Gasteiger partial charge in [0.05, 0.1) is 6.26 Å². The topological polar surface area (TPSA) is 83.7 Å². The van der Waals surface area contributed by atoms with Gasteiger partial charge in [0, 0.05) is 10.7 Å². The van der Waals surface area contributed by atoms with Gasteiger partial charge in [-0.15, -0.1) is 0 Å². The third-order valence-electron chi connectivity index (χ3n) is 2.84. The summed E-state index contributed by atoms with van der Waals surface area (Å²) in [6, 6.07) is 8.36. The molecule has 1 aromatic heterocycles. The average molecular weight is 320 g/mol. The summed E-state index contributed by atoms with van der Waals surface area (Å²) in [5, 5.41) is 6.74. The first-order chi connectivity index (χ1) is 10.5. The molecule has 0 fully saturated rings. The molecule has 0 radical (unpaired) electrons. The maximum atomic E-state index is 11.7. The fraction of sp³-hybridized carbons (Fsp3) is 0.133. The lowest BCUT2D eigenvalue weighted by molar-refractivity contribution is -0.136. The van der Waals surface area contributed by atoms with Crippen LogP contribution in [0.25, 0.3) is 0 Å². The highest BCUT2D eigenvalue weighted by Crippen LogP contribution is 2.19. The zero-order chi connectivity index (χ0) is 16.1. The van der Waals surface area contributed by atoms with Gasteiger partial charge in [0.1, 0.15) is 11.5 Å². The smallest absolute Gasteiger partial charge is 0.329 e. The molecule has 0 spiro atoms. The Labute approximate surface area is 132 Å². The van der Waals surface area contributed by atoms with Crippen molar-refractivity contribution in [1.82, 2.24) is 5.43 Å². The van der Waals surface area contributed by atoms with Crippen molar-refractivity contribution >= 4 is 34.8 Å². The number of anilines is 1. The van der Waals surface area contributed by atoms with Crippen LogP contribution in [0, 0.1) is 6.92 Å². The van der Waals surface area contributed by atoms with Gasteiger partial charge < -0.3 is 9.73 Å². The van der Waals surface area contributed by atoms with Crippen LogP contribution in [0.5, 0.6) is 0 Å². The van der Waals surface area contributed by atoms with Crippen molar-refractivity contribution in [3.8, 4) is 0 Å². The van der Waals surface area contributed by atoms with Crippen molar-refractivity contribution in [3.05, 3.63) is 52.9 Å². The largest absolute Gasteiger partial charge is 0.463 e. The molecule has 2 amide bonds. The average Bonchev–Trinajstić information content (AvgIpc) is 3.02. The van der Waals surface area contributed by atoms with Gasteiger partial charge in [-0.3, -0.25) is 9.59 Å². The van der Waals surface area contributed by atoms with Gasteiger partial charge in [0.25, 0.3) is 0 Å². The maximum Gasteiger partial charge on any atom is 0.329 e. The van der Waals surface area contributed by atoms with Crippen LogP contribution in [0.2, 0.25) is 5.02 Å². The third-order valence-corrected chi connectivity index (χ3v) is 3.25. The number of amides is 2. The fourth-order valence-corrected chi connectivity index (χ4v) is 1.76. The molecule has 0 aliphatic carbocycles. The first-order valence-electron chi connectivity index (χ1n) is 6.43. The highest BCUT2D eigenvalue weighted by molar-refractivity contribution is 6.40. The van der Waals surface area contributed by atoms with Crippen molar-refractivity contribution in [2.75, 3.05) is 5.32 Å². The summed E-state index contributed by atoms with van der Waals surface area (Å²) in [4.78, 5) is 23.4. The molecule has 0 atom stereocenters. The molecule has 0 aliphatic rings. The Balaban J connectivity index is 1.96. The lowest BCUT2D eigenvalue weighted by Crippen LogP contribution is -2.32. The van der Waals surface area contributed by atoms with Crippen LogP contribution in [0.1, 0.15) is 18.2 Å². The molecule has 2 rings (SSSR count). The van der Waals surface area contributed by atoms with E-state index < -0.39 is 11.8 Å². The minimum atomic E-state index is -0.886. The first kappa shape index (κ1) is 15.8. The molecule has 6 nitrogen and oxygen atoms in total. The standard InChI is InChI=1S/C15H14ClN3O3/c1-9-5-6-11(8-12(9)16)17-14(20)15(21)19-18-10(2)13-4-3-7-22-13/h3-8H,1-2H3,(H,17,20)(H,19,21)/b18-10+. The zero-order valence-electron chi connectivity index (χ0n) is 12.0. The van der Waals surface area contributed by atoms with E-state index in [0.717, 1.165) is 5.56 Å². The maximum absolute atomic E-state index is 11.7. The number of hydrazone groups is 1. The predicted octanol–water partition coefficient (Wildman–Crippen LogP) is 2.72. The van der Waals surface area contributed by atoms with E-state index in [2.05, 4.69) is 15.8 Å². The van der Waals surface area contributed by atoms with Gasteiger partial charge in [-0.2, -0.15) is 5.10 Å². The summed E-state index contributed by atoms with van der Waals surface area (Å²) in [5.74, 6) is -1.22. The molecular formula is C15H14ClN3O3. The minimum absolute atomic E-state index is 0.433. The molecular weight excluding hydrogens is 306 g/mol. The number of aryl methyl sites for hydroxylation is 1. The molecule has 2 N–H and O–H groups in total. The molecule has 7 heteroatoms. The summed E-state index contributed by atoms with van der Waals surface area (Å²) >= 11 is 5.95. The molecule has 0 bridgehead atoms. The number of rotatable bonds is 3. The van der Waals surface area contributed by atoms with Crippen LogP contribution in [0.3, 0.4) is 0 Å². The van der Waals surface area contributed by atoms with Crippen molar-refractivity contribution in [1.29, 1.82) is 0 Å². The number of hydrogen-bond acceptors (Lipinski definition) is 4. The second-order valence-corrected chi connectivity index (χ2v) is 4.94. The number of nitrogens with zero attached hydrogens (tertiary/aromatic N) is 1. The molecule has 0 aliphatic heterocycles. The number of carbonyl (C=O) groups excluding carboxylic acids is 2. The summed E-state index contributed by atoms with van der Waals surface area (Å²) in [6.07, 6.45) is 1.49. The number of nitrogens with one attached hydrogen (secondary N) is 2. The second kappa shape index (κ2) is 6.91. The van der Waals surface area contributed by atoms with E-state index in [-0.39, 0.29) is 0 Å². The van der Waals surface area contributed by atoms with E-state index in [1.807, 2.05) is 6.92 Å². The summed E-state index contributed by atoms with van der Waals surface area (Å²) in [6.45, 7) is 3.49. The number of benzene rings is 1. The van der Waals surface area contributed by atoms with Crippen LogP contribution in [-0.2, 0) is 9.59 Å². The number of furan rings is 1. The van der Waals surface area contributed by atoms with E-state index >= 15 is 0 Å². The molecule has 22 heavy (non-hydrogen) atoms. The monoisotopic (exact) mass is 319 g/mol. The Morgan fingerprint density at radius 2 is 2.00 bits per heavy atom. The van der Waals surface area contributed by atoms with Gasteiger partial charge in [0.15, 0.2) is 0 Å². The molecule has 0 saturated heterocycles. The number of carbonyl (C=O) groups is 2. The highest BCUT2D eigenvalue weighted by atomic mass is 35.5. The lowest BCUT2D eigenvalue weighted by atomic mass is 10.2. The summed E-state index contributed by atoms with van der Waals surface area (Å²) < 4.78 is 5.11. The van der Waals surface area contributed by atoms with Crippen molar-refractivity contribution < 1.29 is 14.0 Å². The molecule has 2 aromatic rings. The van der Waals surface area contributed by atoms with E-state index in [1.54, 1.807) is 37.3 Å². The van der Waals surface area contributed by atoms with Crippen LogP contribution in [-0.4, -0.2) is 17.5 Å². The summed E-state index contributed by atoms with van der Waals surface area (Å²) in [5.41, 5.74) is 3.92. The quantitative estimate of drug-likeness (QED) is 0.518. The van der Waals surface area contributed by atoms with Gasteiger partial charge >= 0.3 is 11.8 Å². The Kier molecular flexibility index (Phi) is 4.95. The van der Waals surface area contributed by atoms with Crippen molar-refractivity contribution in [2.45, 2.75) is 13.8 Å². The van der Waals surface area contributed by atoms with E-state index in [4.69, 9.17) is 16.0 Å². The Bertz CT molecular complexity index is 724. The number of halogens is 1. The fourth-order valence-electron chi connectivity index (χ4n) is 1.58. The van der Waals surface area contributed by atoms with Crippen molar-refractivity contribution in [3.63, 3.8) is 0 Å². The van der Waals surface area contributed by atoms with Gasteiger partial charge in [-0.05, 0) is 43.7 Å². The van der Waals surface area contributed by atoms with Gasteiger partial charge in [-0.1, -0.05) is 17.7 Å². The number of hydrogen-bond donors (Lipinski definition) is 2. The van der Waals surface area contributed by atoms with E-state index in [0.29, 0.717) is 22.2 Å². The SMILES string of the molecule is C/C(=N\NC(=O)C(=O)Nc1ccc(C)c(Cl)c1)c1ccco1. The Morgan fingerprint density at radius 3 is 2.64 bits per heavy atom. The molecule has 0 unspecified atom stereocenters. The van der Waals surface area contributed by atoms with Gasteiger partial charge in [-0.25, -0.2) is 5.43 Å². The first-order valence-corrected chi connectivity index (χ1v) is 6.81. The molecule has 114 valence electrons. The molecule has 0 saturated carbocycles. The Morgan fingerprint density at radius 1 is 1.23 bits per heavy atom.